The van der Waals surface area contributed by atoms with Crippen LogP contribution in [-0.4, -0.2) is 42.8 Å². The van der Waals surface area contributed by atoms with Gasteiger partial charge >= 0.3 is 6.03 Å². The summed E-state index contributed by atoms with van der Waals surface area (Å²) in [5.41, 5.74) is 2.12. The lowest BCUT2D eigenvalue weighted by Crippen LogP contribution is -2.38. The van der Waals surface area contributed by atoms with Crippen LogP contribution >= 0.6 is 0 Å². The van der Waals surface area contributed by atoms with Crippen LogP contribution in [0.15, 0.2) is 24.3 Å². The summed E-state index contributed by atoms with van der Waals surface area (Å²) in [6, 6.07) is 7.79. The van der Waals surface area contributed by atoms with Crippen molar-refractivity contribution < 1.29 is 14.6 Å². The molecular formula is C15H24N2O3. The predicted octanol–water partition coefficient (Wildman–Crippen LogP) is 1.75. The van der Waals surface area contributed by atoms with Crippen LogP contribution in [0.25, 0.3) is 0 Å². The van der Waals surface area contributed by atoms with Crippen LogP contribution in [-0.2, 0) is 17.9 Å². The van der Waals surface area contributed by atoms with Crippen LogP contribution in [0.1, 0.15) is 24.5 Å². The van der Waals surface area contributed by atoms with Gasteiger partial charge in [0.15, 0.2) is 0 Å². The Labute approximate surface area is 120 Å². The maximum absolute atomic E-state index is 11.8. The Morgan fingerprint density at radius 2 is 2.15 bits per heavy atom. The SMILES string of the molecule is COCc1cccc(CNC(=O)N(C)CCC(C)O)c1. The third kappa shape index (κ3) is 6.04. The molecule has 1 unspecified atom stereocenters. The van der Waals surface area contributed by atoms with Gasteiger partial charge < -0.3 is 20.1 Å². The van der Waals surface area contributed by atoms with E-state index in [0.717, 1.165) is 11.1 Å². The Morgan fingerprint density at radius 1 is 1.45 bits per heavy atom. The fraction of sp³-hybridized carbons (Fsp3) is 0.533. The molecule has 1 aromatic carbocycles. The highest BCUT2D eigenvalue weighted by Crippen LogP contribution is 2.06. The smallest absolute Gasteiger partial charge is 0.317 e. The monoisotopic (exact) mass is 280 g/mol. The number of hydrogen-bond acceptors (Lipinski definition) is 3. The number of benzene rings is 1. The van der Waals surface area contributed by atoms with Crippen LogP contribution in [0.5, 0.6) is 0 Å². The van der Waals surface area contributed by atoms with Crippen molar-refractivity contribution in [1.29, 1.82) is 0 Å². The highest BCUT2D eigenvalue weighted by Gasteiger charge is 2.08. The van der Waals surface area contributed by atoms with Crippen molar-refractivity contribution in [2.24, 2.45) is 0 Å². The van der Waals surface area contributed by atoms with Crippen LogP contribution in [0.3, 0.4) is 0 Å². The van der Waals surface area contributed by atoms with E-state index in [0.29, 0.717) is 26.1 Å². The average Bonchev–Trinajstić information content (AvgIpc) is 2.43. The molecule has 0 radical (unpaired) electrons. The average molecular weight is 280 g/mol. The molecule has 1 aromatic rings. The van der Waals surface area contributed by atoms with Crippen LogP contribution < -0.4 is 5.32 Å². The minimum Gasteiger partial charge on any atom is -0.393 e. The molecule has 112 valence electrons. The maximum atomic E-state index is 11.8. The minimum absolute atomic E-state index is 0.136. The molecule has 20 heavy (non-hydrogen) atoms. The molecule has 0 spiro atoms. The van der Waals surface area contributed by atoms with Gasteiger partial charge in [-0.05, 0) is 24.5 Å². The van der Waals surface area contributed by atoms with Crippen molar-refractivity contribution >= 4 is 6.03 Å². The second-order valence-electron chi connectivity index (χ2n) is 4.97. The van der Waals surface area contributed by atoms with Gasteiger partial charge in [0.25, 0.3) is 0 Å². The highest BCUT2D eigenvalue weighted by molar-refractivity contribution is 5.73. The number of nitrogens with one attached hydrogen (secondary N) is 1. The molecule has 5 nitrogen and oxygen atoms in total. The fourth-order valence-corrected chi connectivity index (χ4v) is 1.79. The van der Waals surface area contributed by atoms with Gasteiger partial charge in [-0.2, -0.15) is 0 Å². The van der Waals surface area contributed by atoms with Gasteiger partial charge in [0.2, 0.25) is 0 Å². The van der Waals surface area contributed by atoms with E-state index in [-0.39, 0.29) is 6.03 Å². The van der Waals surface area contributed by atoms with Gasteiger partial charge in [-0.25, -0.2) is 4.79 Å². The molecule has 2 amide bonds. The largest absolute Gasteiger partial charge is 0.393 e. The molecule has 1 rings (SSSR count). The molecule has 0 saturated carbocycles. The molecule has 0 aliphatic rings. The normalized spacial score (nSPS) is 12.0. The molecule has 2 N–H and O–H groups in total. The van der Waals surface area contributed by atoms with Crippen LogP contribution in [0.4, 0.5) is 4.79 Å². The Bertz CT molecular complexity index is 421. The number of methoxy groups -OCH3 is 1. The number of rotatable bonds is 7. The molecule has 0 aromatic heterocycles. The zero-order valence-electron chi connectivity index (χ0n) is 12.4. The summed E-state index contributed by atoms with van der Waals surface area (Å²) in [4.78, 5) is 13.4. The summed E-state index contributed by atoms with van der Waals surface area (Å²) in [5.74, 6) is 0. The van der Waals surface area contributed by atoms with Gasteiger partial charge in [-0.1, -0.05) is 24.3 Å². The number of carbonyl (C=O) groups excluding carboxylic acids is 1. The summed E-state index contributed by atoms with van der Waals surface area (Å²) in [6.45, 7) is 3.30. The number of aliphatic hydroxyl groups excluding tert-OH is 1. The quantitative estimate of drug-likeness (QED) is 0.800. The van der Waals surface area contributed by atoms with Crippen molar-refractivity contribution in [3.8, 4) is 0 Å². The zero-order chi connectivity index (χ0) is 15.0. The first-order chi connectivity index (χ1) is 9.52. The minimum atomic E-state index is -0.393. The predicted molar refractivity (Wildman–Crippen MR) is 78.3 cm³/mol. The van der Waals surface area contributed by atoms with Gasteiger partial charge in [0.1, 0.15) is 0 Å². The number of amides is 2. The second-order valence-corrected chi connectivity index (χ2v) is 4.97. The van der Waals surface area contributed by atoms with Crippen LogP contribution in [0.2, 0.25) is 0 Å². The Morgan fingerprint density at radius 3 is 2.80 bits per heavy atom. The van der Waals surface area contributed by atoms with Crippen molar-refractivity contribution in [2.45, 2.75) is 32.6 Å². The van der Waals surface area contributed by atoms with Gasteiger partial charge in [-0.3, -0.25) is 0 Å². The Hall–Kier alpha value is -1.59. The van der Waals surface area contributed by atoms with Crippen molar-refractivity contribution in [1.82, 2.24) is 10.2 Å². The van der Waals surface area contributed by atoms with Crippen LogP contribution in [0, 0.1) is 0 Å². The third-order valence-corrected chi connectivity index (χ3v) is 2.98. The number of carbonyl (C=O) groups is 1. The number of ether oxygens (including phenoxy) is 1. The zero-order valence-corrected chi connectivity index (χ0v) is 12.4. The number of urea groups is 1. The highest BCUT2D eigenvalue weighted by atomic mass is 16.5. The second kappa shape index (κ2) is 8.55. The first-order valence-electron chi connectivity index (χ1n) is 6.76. The lowest BCUT2D eigenvalue weighted by molar-refractivity contribution is 0.163. The van der Waals surface area contributed by atoms with E-state index in [1.165, 1.54) is 0 Å². The maximum Gasteiger partial charge on any atom is 0.317 e. The van der Waals surface area contributed by atoms with E-state index in [4.69, 9.17) is 4.74 Å². The third-order valence-electron chi connectivity index (χ3n) is 2.98. The molecule has 0 aliphatic carbocycles. The molecule has 0 fully saturated rings. The van der Waals surface area contributed by atoms with E-state index in [2.05, 4.69) is 5.32 Å². The molecule has 0 heterocycles. The Balaban J connectivity index is 2.42. The van der Waals surface area contributed by atoms with E-state index in [1.54, 1.807) is 26.0 Å². The van der Waals surface area contributed by atoms with Gasteiger partial charge in [0.05, 0.1) is 12.7 Å². The fourth-order valence-electron chi connectivity index (χ4n) is 1.79. The van der Waals surface area contributed by atoms with Gasteiger partial charge in [-0.15, -0.1) is 0 Å². The summed E-state index contributed by atoms with van der Waals surface area (Å²) in [7, 11) is 3.38. The van der Waals surface area contributed by atoms with Crippen molar-refractivity contribution in [3.63, 3.8) is 0 Å². The lowest BCUT2D eigenvalue weighted by atomic mass is 10.1. The number of nitrogens with zero attached hydrogens (tertiary/aromatic N) is 1. The summed E-state index contributed by atoms with van der Waals surface area (Å²) >= 11 is 0. The first-order valence-corrected chi connectivity index (χ1v) is 6.76. The van der Waals surface area contributed by atoms with Crippen molar-refractivity contribution in [3.05, 3.63) is 35.4 Å². The molecule has 5 heteroatoms. The first kappa shape index (κ1) is 16.5. The van der Waals surface area contributed by atoms with Gasteiger partial charge in [0, 0.05) is 27.2 Å². The number of aliphatic hydroxyl groups is 1. The Kier molecular flexibility index (Phi) is 7.04. The molecule has 0 aliphatic heterocycles. The molecule has 0 saturated heterocycles. The van der Waals surface area contributed by atoms with E-state index >= 15 is 0 Å². The van der Waals surface area contributed by atoms with E-state index < -0.39 is 6.10 Å². The van der Waals surface area contributed by atoms with Crippen molar-refractivity contribution in [2.75, 3.05) is 20.7 Å². The summed E-state index contributed by atoms with van der Waals surface area (Å²) < 4.78 is 5.08. The summed E-state index contributed by atoms with van der Waals surface area (Å²) in [5, 5.41) is 12.1. The lowest BCUT2D eigenvalue weighted by Gasteiger charge is -2.18. The molecule has 0 bridgehead atoms. The summed E-state index contributed by atoms with van der Waals surface area (Å²) in [6.07, 6.45) is 0.184. The number of hydrogen-bond donors (Lipinski definition) is 2. The topological polar surface area (TPSA) is 61.8 Å². The van der Waals surface area contributed by atoms with E-state index in [9.17, 15) is 9.90 Å². The standard InChI is InChI=1S/C15H24N2O3/c1-12(18)7-8-17(2)15(19)16-10-13-5-4-6-14(9-13)11-20-3/h4-6,9,12,18H,7-8,10-11H2,1-3H3,(H,16,19). The molecular weight excluding hydrogens is 256 g/mol. The van der Waals surface area contributed by atoms with E-state index in [1.807, 2.05) is 24.3 Å². The molecule has 1 atom stereocenters.